The first-order valence-electron chi connectivity index (χ1n) is 14.4. The van der Waals surface area contributed by atoms with Crippen molar-refractivity contribution >= 4 is 5.97 Å². The quantitative estimate of drug-likeness (QED) is 0.459. The van der Waals surface area contributed by atoms with E-state index >= 15 is 0 Å². The van der Waals surface area contributed by atoms with Crippen molar-refractivity contribution in [3.05, 3.63) is 94.9 Å². The van der Waals surface area contributed by atoms with Crippen LogP contribution in [0.3, 0.4) is 0 Å². The van der Waals surface area contributed by atoms with Crippen LogP contribution < -0.4 is 5.32 Å². The number of benzene rings is 3. The van der Waals surface area contributed by atoms with E-state index in [1.165, 1.54) is 31.2 Å². The van der Waals surface area contributed by atoms with Gasteiger partial charge in [0.15, 0.2) is 0 Å². The fourth-order valence-electron chi connectivity index (χ4n) is 2.58. The Kier molecular flexibility index (Phi) is 3.70. The molecule has 0 amide bonds. The van der Waals surface area contributed by atoms with E-state index in [4.69, 9.17) is 15.1 Å². The van der Waals surface area contributed by atoms with Gasteiger partial charge in [0.1, 0.15) is 0 Å². The van der Waals surface area contributed by atoms with Crippen LogP contribution in [-0.4, -0.2) is 29.2 Å². The predicted molar refractivity (Wildman–Crippen MR) is 116 cm³/mol. The van der Waals surface area contributed by atoms with Gasteiger partial charge in [-0.15, -0.1) is 0 Å². The van der Waals surface area contributed by atoms with Gasteiger partial charge in [-0.05, 0) is 60.7 Å². The Balaban J connectivity index is 1.87. The molecule has 0 heterocycles. The second-order valence-electron chi connectivity index (χ2n) is 6.24. The maximum absolute atomic E-state index is 11.4. The highest BCUT2D eigenvalue weighted by atomic mass is 16.4. The number of hydrogen-bond donors (Lipinski definition) is 3. The van der Waals surface area contributed by atoms with Crippen LogP contribution in [0.5, 0.6) is 0 Å². The number of carboxylic acids is 1. The van der Waals surface area contributed by atoms with Gasteiger partial charge in [-0.3, -0.25) is 0 Å². The average molecular weight is 401 g/mol. The lowest BCUT2D eigenvalue weighted by atomic mass is 9.99. The molecular weight excluding hydrogens is 362 g/mol. The molecule has 0 radical (unpaired) electrons. The minimum Gasteiger partial charge on any atom is -0.478 e. The van der Waals surface area contributed by atoms with E-state index in [1.54, 1.807) is 0 Å². The average Bonchev–Trinajstić information content (AvgIpc) is 2.89. The first-order chi connectivity index (χ1) is 18.5. The molecule has 0 saturated heterocycles. The van der Waals surface area contributed by atoms with Gasteiger partial charge < -0.3 is 15.5 Å². The molecule has 3 rings (SSSR count). The normalized spacial score (nSPS) is 18.9. The van der Waals surface area contributed by atoms with Gasteiger partial charge in [0.2, 0.25) is 0 Å². The highest BCUT2D eigenvalue weighted by Crippen LogP contribution is 2.22. The van der Waals surface area contributed by atoms with Crippen LogP contribution in [-0.2, 0) is 6.42 Å². The summed E-state index contributed by atoms with van der Waals surface area (Å²) < 4.78 is 90.0. The topological polar surface area (TPSA) is 69.6 Å². The molecule has 29 heavy (non-hydrogen) atoms. The van der Waals surface area contributed by atoms with Gasteiger partial charge >= 0.3 is 5.97 Å². The monoisotopic (exact) mass is 400 g/mol. The van der Waals surface area contributed by atoms with Gasteiger partial charge in [-0.2, -0.15) is 0 Å². The lowest BCUT2D eigenvalue weighted by Gasteiger charge is -2.13. The molecule has 0 aliphatic rings. The molecule has 0 aliphatic carbocycles. The van der Waals surface area contributed by atoms with E-state index in [1.807, 2.05) is 0 Å². The van der Waals surface area contributed by atoms with Crippen molar-refractivity contribution in [2.45, 2.75) is 25.8 Å². The smallest absolute Gasteiger partial charge is 0.335 e. The van der Waals surface area contributed by atoms with Crippen molar-refractivity contribution < 1.29 is 30.1 Å². The van der Waals surface area contributed by atoms with Crippen LogP contribution in [0.25, 0.3) is 11.1 Å². The zero-order valence-corrected chi connectivity index (χ0v) is 15.7. The first kappa shape index (κ1) is 10.7. The summed E-state index contributed by atoms with van der Waals surface area (Å²) in [6.07, 6.45) is -3.17. The van der Waals surface area contributed by atoms with E-state index in [2.05, 4.69) is 5.32 Å². The van der Waals surface area contributed by atoms with Crippen molar-refractivity contribution in [1.29, 1.82) is 0 Å². The van der Waals surface area contributed by atoms with E-state index in [9.17, 15) is 15.0 Å². The molecule has 150 valence electrons. The second-order valence-corrected chi connectivity index (χ2v) is 6.24. The number of carboxylic acid groups (broad SMARTS) is 1. The summed E-state index contributed by atoms with van der Waals surface area (Å²) in [4.78, 5) is 11.4. The largest absolute Gasteiger partial charge is 0.478 e. The SMILES string of the molecule is [2H]c1c([2H])c(CCCNC([2H])([2H])[C@]([2H])(O)c2c([2H])c([2H])c([2H])c(C)c2[2H])c([2H])c(-c2cccc(C(=O)O)c2)c1[2H]. The van der Waals surface area contributed by atoms with Gasteiger partial charge in [0.05, 0.1) is 24.0 Å². The van der Waals surface area contributed by atoms with Crippen molar-refractivity contribution in [1.82, 2.24) is 5.32 Å². The first-order valence-corrected chi connectivity index (χ1v) is 8.93. The Morgan fingerprint density at radius 2 is 2.03 bits per heavy atom. The summed E-state index contributed by atoms with van der Waals surface area (Å²) in [7, 11) is 0. The molecule has 3 N–H and O–H groups in total. The third kappa shape index (κ3) is 6.01. The molecule has 0 unspecified atom stereocenters. The molecule has 0 saturated carbocycles. The van der Waals surface area contributed by atoms with Crippen LogP contribution in [0.4, 0.5) is 0 Å². The van der Waals surface area contributed by atoms with Gasteiger partial charge in [0, 0.05) is 9.24 Å². The highest BCUT2D eigenvalue weighted by molar-refractivity contribution is 5.89. The second kappa shape index (κ2) is 10.0. The number of aliphatic hydroxyl groups is 1. The van der Waals surface area contributed by atoms with Crippen LogP contribution in [0.15, 0.2) is 72.6 Å². The maximum Gasteiger partial charge on any atom is 0.335 e. The summed E-state index contributed by atoms with van der Waals surface area (Å²) in [6.45, 7) is -1.84. The van der Waals surface area contributed by atoms with Crippen LogP contribution in [0.2, 0.25) is 0 Å². The lowest BCUT2D eigenvalue weighted by Crippen LogP contribution is -2.22. The number of aromatic carboxylic acids is 1. The van der Waals surface area contributed by atoms with E-state index < -0.39 is 60.4 Å². The molecule has 0 aromatic heterocycles. The molecule has 0 bridgehead atoms. The molecule has 3 aromatic carbocycles. The minimum absolute atomic E-state index is 0.0201. The molecule has 0 aliphatic heterocycles. The summed E-state index contributed by atoms with van der Waals surface area (Å²) in [6, 6.07) is 1.57. The fourth-order valence-corrected chi connectivity index (χ4v) is 2.58. The lowest BCUT2D eigenvalue weighted by molar-refractivity contribution is 0.0697. The summed E-state index contributed by atoms with van der Waals surface area (Å²) in [5.74, 6) is -1.21. The Morgan fingerprint density at radius 3 is 2.86 bits per heavy atom. The fraction of sp³-hybridized carbons (Fsp3) is 0.240. The number of carbonyl (C=O) groups is 1. The molecule has 4 nitrogen and oxygen atoms in total. The molecular formula is C25H27NO3. The molecule has 0 spiro atoms. The Hall–Kier alpha value is -2.95. The van der Waals surface area contributed by atoms with Crippen LogP contribution in [0, 0.1) is 6.92 Å². The molecule has 4 heteroatoms. The molecule has 3 aromatic rings. The molecule has 1 atom stereocenters. The van der Waals surface area contributed by atoms with Crippen molar-refractivity contribution in [3.8, 4) is 11.1 Å². The third-order valence-electron chi connectivity index (χ3n) is 4.00. The predicted octanol–water partition coefficient (Wildman–Crippen LogP) is 4.62. The maximum atomic E-state index is 11.4. The zero-order chi connectivity index (χ0) is 30.3. The van der Waals surface area contributed by atoms with E-state index in [0.29, 0.717) is 0 Å². The summed E-state index contributed by atoms with van der Waals surface area (Å²) in [5, 5.41) is 22.5. The van der Waals surface area contributed by atoms with Gasteiger partial charge in [0.25, 0.3) is 0 Å². The van der Waals surface area contributed by atoms with Crippen LogP contribution >= 0.6 is 0 Å². The summed E-state index contributed by atoms with van der Waals surface area (Å²) >= 11 is 0. The minimum atomic E-state index is -3.18. The van der Waals surface area contributed by atoms with Crippen molar-refractivity contribution in [3.63, 3.8) is 0 Å². The summed E-state index contributed by atoms with van der Waals surface area (Å²) in [5.41, 5.74) is -0.652. The molecule has 0 fully saturated rings. The van der Waals surface area contributed by atoms with Gasteiger partial charge in [-0.1, -0.05) is 66.0 Å². The Morgan fingerprint density at radius 1 is 1.21 bits per heavy atom. The number of nitrogens with one attached hydrogen (secondary N) is 1. The van der Waals surface area contributed by atoms with Crippen molar-refractivity contribution in [2.75, 3.05) is 13.0 Å². The zero-order valence-electron chi connectivity index (χ0n) is 26.7. The standard InChI is InChI=1S/C25H27NO3/c1-18-6-2-11-22(14-18)24(27)17-26-13-5-8-19-7-3-9-20(15-19)21-10-4-12-23(16-21)25(28)29/h2-4,6-7,9-12,14-16,24,26-27H,5,8,13,17H2,1H3,(H,28,29)/t24-/m0/s1/i2D,3D,6D,7D,9D,11D,14D,15D,17D2,24D. The third-order valence-corrected chi connectivity index (χ3v) is 4.00. The Bertz CT molecular complexity index is 1460. The number of rotatable bonds is 9. The highest BCUT2D eigenvalue weighted by Gasteiger charge is 2.07. The van der Waals surface area contributed by atoms with Crippen LogP contribution in [0.1, 0.15) is 54.6 Å². The van der Waals surface area contributed by atoms with E-state index in [0.717, 1.165) is 0 Å². The van der Waals surface area contributed by atoms with Gasteiger partial charge in [-0.25, -0.2) is 4.79 Å². The number of hydrogen-bond acceptors (Lipinski definition) is 3. The Labute approximate surface area is 187 Å². The van der Waals surface area contributed by atoms with Crippen molar-refractivity contribution in [2.24, 2.45) is 0 Å². The van der Waals surface area contributed by atoms with E-state index in [-0.39, 0.29) is 59.3 Å².